The molecule has 9 rings (SSSR count). The van der Waals surface area contributed by atoms with Crippen LogP contribution in [0.2, 0.25) is 0 Å². The summed E-state index contributed by atoms with van der Waals surface area (Å²) in [7, 11) is 1.82. The van der Waals surface area contributed by atoms with Crippen molar-refractivity contribution in [2.24, 2.45) is 16.7 Å². The van der Waals surface area contributed by atoms with Crippen LogP contribution in [0.3, 0.4) is 0 Å². The molecule has 3 aromatic rings. The van der Waals surface area contributed by atoms with Gasteiger partial charge in [-0.05, 0) is 60.9 Å². The largest absolute Gasteiger partial charge is 0.485 e. The van der Waals surface area contributed by atoms with Gasteiger partial charge in [-0.2, -0.15) is 0 Å². The molecule has 0 aromatic heterocycles. The Morgan fingerprint density at radius 3 is 2.32 bits per heavy atom. The van der Waals surface area contributed by atoms with Gasteiger partial charge in [0.2, 0.25) is 0 Å². The number of piperidine rings is 1. The second kappa shape index (κ2) is 9.45. The molecule has 1 N–H and O–H groups in total. The van der Waals surface area contributed by atoms with Gasteiger partial charge >= 0.3 is 0 Å². The van der Waals surface area contributed by atoms with E-state index in [9.17, 15) is 5.11 Å². The fourth-order valence-electron chi connectivity index (χ4n) is 9.93. The van der Waals surface area contributed by atoms with Crippen molar-refractivity contribution in [1.29, 1.82) is 0 Å². The normalized spacial score (nSPS) is 34.3. The van der Waals surface area contributed by atoms with Gasteiger partial charge in [0.05, 0.1) is 11.0 Å². The highest BCUT2D eigenvalue weighted by Gasteiger charge is 2.81. The van der Waals surface area contributed by atoms with Crippen molar-refractivity contribution in [1.82, 2.24) is 4.90 Å². The number of methoxy groups -OCH3 is 1. The summed E-state index contributed by atoms with van der Waals surface area (Å²) in [5.41, 5.74) is 2.60. The first-order valence-electron chi connectivity index (χ1n) is 16.3. The summed E-state index contributed by atoms with van der Waals surface area (Å²) in [6.45, 7) is 10.9. The van der Waals surface area contributed by atoms with E-state index in [1.807, 2.05) is 20.1 Å². The van der Waals surface area contributed by atoms with Gasteiger partial charge in [-0.3, -0.25) is 4.90 Å². The number of rotatable bonds is 7. The number of hydrogen-bond donors (Lipinski definition) is 1. The molecule has 1 saturated carbocycles. The van der Waals surface area contributed by atoms with E-state index in [4.69, 9.17) is 14.2 Å². The minimum absolute atomic E-state index is 0.146. The zero-order chi connectivity index (χ0) is 30.5. The third-order valence-electron chi connectivity index (χ3n) is 12.6. The average Bonchev–Trinajstić information content (AvgIpc) is 3.39. The third kappa shape index (κ3) is 3.52. The molecule has 5 heteroatoms. The fraction of sp³-hybridized carbons (Fsp3) is 0.487. The smallest absolute Gasteiger partial charge is 0.166 e. The van der Waals surface area contributed by atoms with E-state index in [1.165, 1.54) is 16.7 Å². The molecule has 7 atom stereocenters. The van der Waals surface area contributed by atoms with Crippen molar-refractivity contribution in [3.63, 3.8) is 0 Å². The van der Waals surface area contributed by atoms with E-state index < -0.39 is 11.2 Å². The summed E-state index contributed by atoms with van der Waals surface area (Å²) in [5, 5.41) is 12.5. The number of nitrogens with zero attached hydrogens (tertiary/aromatic N) is 1. The van der Waals surface area contributed by atoms with Gasteiger partial charge in [0.1, 0.15) is 18.3 Å². The van der Waals surface area contributed by atoms with E-state index in [0.29, 0.717) is 6.61 Å². The Hall–Kier alpha value is -3.12. The third-order valence-corrected chi connectivity index (χ3v) is 12.6. The standard InChI is InChI=1S/C39H45NO4/c1-35(2,3)36(4,41)30-23-37-18-19-39(30,42-5)34-38(37)20-21-40(24-26-12-8-6-9-13-26)31(37)22-28-16-17-29(33(44-34)32(28)38)43-25-27-14-10-7-11-15-27/h6-19,30-31,34,41H,20-25H2,1-5H3/t30-,31-,34+,36+,37+,38-,39+/m1/s1. The second-order valence-electron chi connectivity index (χ2n) is 15.2. The van der Waals surface area contributed by atoms with Crippen LogP contribution in [-0.2, 0) is 29.7 Å². The van der Waals surface area contributed by atoms with Crippen LogP contribution in [0.15, 0.2) is 84.9 Å². The first-order valence-corrected chi connectivity index (χ1v) is 16.3. The predicted molar refractivity (Wildman–Crippen MR) is 172 cm³/mol. The zero-order valence-corrected chi connectivity index (χ0v) is 26.7. The van der Waals surface area contributed by atoms with Crippen LogP contribution in [0.4, 0.5) is 0 Å². The molecule has 6 aliphatic rings. The number of ether oxygens (including phenoxy) is 3. The summed E-state index contributed by atoms with van der Waals surface area (Å²) in [4.78, 5) is 2.72. The number of fused-ring (bicyclic) bond motifs is 1. The van der Waals surface area contributed by atoms with Crippen molar-refractivity contribution in [2.75, 3.05) is 13.7 Å². The molecule has 230 valence electrons. The molecule has 2 heterocycles. The predicted octanol–water partition coefficient (Wildman–Crippen LogP) is 6.85. The van der Waals surface area contributed by atoms with Crippen LogP contribution >= 0.6 is 0 Å². The summed E-state index contributed by atoms with van der Waals surface area (Å²) in [6.07, 6.45) is 7.32. The minimum atomic E-state index is -0.994. The monoisotopic (exact) mass is 591 g/mol. The van der Waals surface area contributed by atoms with Crippen LogP contribution in [0.5, 0.6) is 11.5 Å². The molecule has 1 saturated heterocycles. The Morgan fingerprint density at radius 1 is 0.932 bits per heavy atom. The lowest BCUT2D eigenvalue weighted by atomic mass is 9.35. The maximum absolute atomic E-state index is 12.5. The van der Waals surface area contributed by atoms with Crippen LogP contribution in [0, 0.1) is 16.7 Å². The van der Waals surface area contributed by atoms with E-state index in [1.54, 1.807) is 0 Å². The maximum atomic E-state index is 12.5. The Kier molecular flexibility index (Phi) is 6.09. The lowest BCUT2D eigenvalue weighted by Gasteiger charge is -2.73. The molecule has 3 aromatic carbocycles. The summed E-state index contributed by atoms with van der Waals surface area (Å²) < 4.78 is 20.5. The van der Waals surface area contributed by atoms with Crippen molar-refractivity contribution in [2.45, 2.75) is 88.9 Å². The molecule has 0 radical (unpaired) electrons. The molecule has 0 amide bonds. The molecule has 44 heavy (non-hydrogen) atoms. The van der Waals surface area contributed by atoms with E-state index in [0.717, 1.165) is 49.4 Å². The molecule has 4 bridgehead atoms. The van der Waals surface area contributed by atoms with Crippen LogP contribution in [-0.4, -0.2) is 47.0 Å². The molecule has 5 nitrogen and oxygen atoms in total. The topological polar surface area (TPSA) is 51.2 Å². The summed E-state index contributed by atoms with van der Waals surface area (Å²) in [5.74, 6) is 1.55. The Labute approximate surface area is 261 Å². The molecule has 2 spiro atoms. The molecule has 2 fully saturated rings. The number of likely N-dealkylation sites (tertiary alicyclic amines) is 1. The first-order chi connectivity index (χ1) is 21.1. The first kappa shape index (κ1) is 28.4. The van der Waals surface area contributed by atoms with Crippen molar-refractivity contribution in [3.05, 3.63) is 107 Å². The molecular weight excluding hydrogens is 546 g/mol. The molecule has 4 aliphatic carbocycles. The fourth-order valence-corrected chi connectivity index (χ4v) is 9.93. The average molecular weight is 592 g/mol. The number of benzene rings is 3. The van der Waals surface area contributed by atoms with Gasteiger partial charge < -0.3 is 19.3 Å². The number of hydrogen-bond acceptors (Lipinski definition) is 5. The Bertz CT molecular complexity index is 1610. The van der Waals surface area contributed by atoms with E-state index in [2.05, 4.69) is 105 Å². The van der Waals surface area contributed by atoms with E-state index >= 15 is 0 Å². The van der Waals surface area contributed by atoms with E-state index in [-0.39, 0.29) is 34.3 Å². The lowest BCUT2D eigenvalue weighted by Crippen LogP contribution is -2.81. The highest BCUT2D eigenvalue weighted by atomic mass is 16.6. The van der Waals surface area contributed by atoms with Crippen molar-refractivity contribution < 1.29 is 19.3 Å². The maximum Gasteiger partial charge on any atom is 0.166 e. The zero-order valence-electron chi connectivity index (χ0n) is 26.7. The second-order valence-corrected chi connectivity index (χ2v) is 15.2. The van der Waals surface area contributed by atoms with Crippen LogP contribution in [0.1, 0.15) is 62.8 Å². The van der Waals surface area contributed by atoms with Gasteiger partial charge in [0.25, 0.3) is 0 Å². The minimum Gasteiger partial charge on any atom is -0.485 e. The SMILES string of the molecule is CO[C@@]12C=C[C@]3(C[C@@H]1[C@](C)(O)C(C)(C)C)[C@H]1Cc4ccc(OCc5ccccc5)c5c4[C@]3(CCN1Cc1ccccc1)[C@@H]2O5. The van der Waals surface area contributed by atoms with Crippen LogP contribution in [0.25, 0.3) is 0 Å². The van der Waals surface area contributed by atoms with Gasteiger partial charge in [0.15, 0.2) is 11.5 Å². The van der Waals surface area contributed by atoms with Gasteiger partial charge in [0, 0.05) is 36.6 Å². The van der Waals surface area contributed by atoms with Crippen molar-refractivity contribution >= 4 is 0 Å². The summed E-state index contributed by atoms with van der Waals surface area (Å²) >= 11 is 0. The van der Waals surface area contributed by atoms with Gasteiger partial charge in [-0.15, -0.1) is 0 Å². The Balaban J connectivity index is 1.30. The van der Waals surface area contributed by atoms with Gasteiger partial charge in [-0.25, -0.2) is 0 Å². The molecular formula is C39H45NO4. The summed E-state index contributed by atoms with van der Waals surface area (Å²) in [6, 6.07) is 25.9. The molecule has 2 aliphatic heterocycles. The van der Waals surface area contributed by atoms with Gasteiger partial charge in [-0.1, -0.05) is 99.7 Å². The Morgan fingerprint density at radius 2 is 1.64 bits per heavy atom. The highest BCUT2D eigenvalue weighted by Crippen LogP contribution is 2.76. The van der Waals surface area contributed by atoms with Crippen LogP contribution < -0.4 is 9.47 Å². The highest BCUT2D eigenvalue weighted by molar-refractivity contribution is 5.65. The lowest BCUT2D eigenvalue weighted by molar-refractivity contribution is -0.263. The quantitative estimate of drug-likeness (QED) is 0.305. The number of aliphatic hydroxyl groups is 1. The molecule has 0 unspecified atom stereocenters. The van der Waals surface area contributed by atoms with Crippen molar-refractivity contribution in [3.8, 4) is 11.5 Å².